The van der Waals surface area contributed by atoms with Gasteiger partial charge in [0, 0.05) is 17.7 Å². The Bertz CT molecular complexity index is 832. The second kappa shape index (κ2) is 9.63. The fourth-order valence-electron chi connectivity index (χ4n) is 2.59. The maximum Gasteiger partial charge on any atom is 0.268 e. The van der Waals surface area contributed by atoms with Crippen molar-refractivity contribution in [2.24, 2.45) is 0 Å². The Morgan fingerprint density at radius 2 is 1.36 bits per heavy atom. The number of amides is 3. The summed E-state index contributed by atoms with van der Waals surface area (Å²) in [5.74, 6) is -1.61. The molecular weight excluding hydrogens is 362 g/mol. The summed E-state index contributed by atoms with van der Waals surface area (Å²) in [4.78, 5) is 35.6. The molecule has 0 radical (unpaired) electrons. The SMILES string of the molecule is CCNC(=O)c1ccc(-c2ccc(C(=O)N[C@H](C(=O)NO)[C@@H](C)O)cc2)cc1. The van der Waals surface area contributed by atoms with Crippen molar-refractivity contribution in [3.8, 4) is 11.1 Å². The molecule has 0 heterocycles. The molecule has 0 saturated carbocycles. The lowest BCUT2D eigenvalue weighted by Gasteiger charge is -2.19. The molecule has 0 unspecified atom stereocenters. The standard InChI is InChI=1S/C20H23N3O5/c1-3-21-18(25)15-8-4-13(5-9-15)14-6-10-16(11-7-14)19(26)22-17(12(2)24)20(27)23-28/h4-12,17,24,28H,3H2,1-2H3,(H,21,25)(H,22,26)(H,23,27)/t12-,17+/m1/s1. The van der Waals surface area contributed by atoms with Crippen molar-refractivity contribution in [1.82, 2.24) is 16.1 Å². The average Bonchev–Trinajstić information content (AvgIpc) is 2.71. The molecule has 0 aromatic heterocycles. The number of carbonyl (C=O) groups excluding carboxylic acids is 3. The van der Waals surface area contributed by atoms with E-state index < -0.39 is 24.0 Å². The van der Waals surface area contributed by atoms with Crippen LogP contribution in [0.2, 0.25) is 0 Å². The van der Waals surface area contributed by atoms with Crippen LogP contribution in [0.4, 0.5) is 0 Å². The zero-order valence-electron chi connectivity index (χ0n) is 15.6. The van der Waals surface area contributed by atoms with Gasteiger partial charge in [-0.15, -0.1) is 0 Å². The Labute approximate surface area is 162 Å². The minimum Gasteiger partial charge on any atom is -0.391 e. The van der Waals surface area contributed by atoms with Crippen LogP contribution in [0.5, 0.6) is 0 Å². The van der Waals surface area contributed by atoms with Gasteiger partial charge in [0.2, 0.25) is 0 Å². The van der Waals surface area contributed by atoms with E-state index in [1.54, 1.807) is 36.4 Å². The third kappa shape index (κ3) is 5.15. The van der Waals surface area contributed by atoms with Crippen molar-refractivity contribution in [1.29, 1.82) is 0 Å². The van der Waals surface area contributed by atoms with Gasteiger partial charge < -0.3 is 15.7 Å². The van der Waals surface area contributed by atoms with E-state index in [9.17, 15) is 19.5 Å². The van der Waals surface area contributed by atoms with Gasteiger partial charge in [-0.25, -0.2) is 5.48 Å². The molecule has 2 rings (SSSR count). The van der Waals surface area contributed by atoms with E-state index in [2.05, 4.69) is 10.6 Å². The molecule has 148 valence electrons. The van der Waals surface area contributed by atoms with Crippen molar-refractivity contribution in [2.75, 3.05) is 6.54 Å². The number of nitrogens with one attached hydrogen (secondary N) is 3. The Hall–Kier alpha value is -3.23. The first-order chi connectivity index (χ1) is 13.4. The van der Waals surface area contributed by atoms with E-state index in [1.165, 1.54) is 12.4 Å². The normalized spacial score (nSPS) is 12.6. The molecule has 28 heavy (non-hydrogen) atoms. The molecule has 0 fully saturated rings. The maximum atomic E-state index is 12.3. The number of benzene rings is 2. The highest BCUT2D eigenvalue weighted by Gasteiger charge is 2.25. The summed E-state index contributed by atoms with van der Waals surface area (Å²) < 4.78 is 0. The zero-order valence-corrected chi connectivity index (χ0v) is 15.6. The van der Waals surface area contributed by atoms with Crippen LogP contribution in [0.3, 0.4) is 0 Å². The van der Waals surface area contributed by atoms with Crippen LogP contribution in [-0.2, 0) is 4.79 Å². The molecule has 0 saturated heterocycles. The summed E-state index contributed by atoms with van der Waals surface area (Å²) in [6.07, 6.45) is -1.18. The van der Waals surface area contributed by atoms with Gasteiger partial charge in [-0.2, -0.15) is 0 Å². The topological polar surface area (TPSA) is 128 Å². The van der Waals surface area contributed by atoms with E-state index in [0.717, 1.165) is 11.1 Å². The smallest absolute Gasteiger partial charge is 0.268 e. The summed E-state index contributed by atoms with van der Waals surface area (Å²) in [5.41, 5.74) is 3.99. The van der Waals surface area contributed by atoms with Crippen LogP contribution in [0.1, 0.15) is 34.6 Å². The number of rotatable bonds is 7. The van der Waals surface area contributed by atoms with Gasteiger partial charge >= 0.3 is 0 Å². The van der Waals surface area contributed by atoms with Gasteiger partial charge in [-0.1, -0.05) is 24.3 Å². The summed E-state index contributed by atoms with van der Waals surface area (Å²) in [6, 6.07) is 12.4. The van der Waals surface area contributed by atoms with Crippen LogP contribution in [0.15, 0.2) is 48.5 Å². The third-order valence-electron chi connectivity index (χ3n) is 4.13. The Morgan fingerprint density at radius 1 is 0.893 bits per heavy atom. The minimum absolute atomic E-state index is 0.138. The minimum atomic E-state index is -1.28. The molecule has 8 nitrogen and oxygen atoms in total. The molecule has 0 aliphatic rings. The van der Waals surface area contributed by atoms with Crippen molar-refractivity contribution < 1.29 is 24.7 Å². The van der Waals surface area contributed by atoms with E-state index >= 15 is 0 Å². The summed E-state index contributed by atoms with van der Waals surface area (Å²) in [7, 11) is 0. The van der Waals surface area contributed by atoms with Crippen molar-refractivity contribution in [2.45, 2.75) is 26.0 Å². The van der Waals surface area contributed by atoms with Gasteiger partial charge in [0.25, 0.3) is 17.7 Å². The number of hydroxylamine groups is 1. The molecule has 2 atom stereocenters. The second-order valence-electron chi connectivity index (χ2n) is 6.18. The monoisotopic (exact) mass is 385 g/mol. The fourth-order valence-corrected chi connectivity index (χ4v) is 2.59. The zero-order chi connectivity index (χ0) is 20.7. The molecular formula is C20H23N3O5. The molecule has 0 aliphatic heterocycles. The van der Waals surface area contributed by atoms with Gasteiger partial charge in [0.1, 0.15) is 6.04 Å². The number of hydrogen-bond donors (Lipinski definition) is 5. The summed E-state index contributed by atoms with van der Waals surface area (Å²) in [6.45, 7) is 3.73. The van der Waals surface area contributed by atoms with Gasteiger partial charge in [0.15, 0.2) is 0 Å². The maximum absolute atomic E-state index is 12.3. The molecule has 2 aromatic rings. The number of aliphatic hydroxyl groups excluding tert-OH is 1. The van der Waals surface area contributed by atoms with Gasteiger partial charge in [-0.3, -0.25) is 19.6 Å². The molecule has 0 aliphatic carbocycles. The van der Waals surface area contributed by atoms with Crippen molar-refractivity contribution >= 4 is 17.7 Å². The van der Waals surface area contributed by atoms with Crippen LogP contribution in [-0.4, -0.2) is 46.7 Å². The molecule has 0 spiro atoms. The molecule has 2 aromatic carbocycles. The lowest BCUT2D eigenvalue weighted by atomic mass is 10.0. The lowest BCUT2D eigenvalue weighted by molar-refractivity contribution is -0.133. The average molecular weight is 385 g/mol. The van der Waals surface area contributed by atoms with Crippen LogP contribution in [0.25, 0.3) is 11.1 Å². The first-order valence-corrected chi connectivity index (χ1v) is 8.79. The Balaban J connectivity index is 2.11. The predicted octanol–water partition coefficient (Wildman–Crippen LogP) is 1.09. The van der Waals surface area contributed by atoms with E-state index in [0.29, 0.717) is 17.7 Å². The Morgan fingerprint density at radius 3 is 1.75 bits per heavy atom. The van der Waals surface area contributed by atoms with E-state index in [-0.39, 0.29) is 5.91 Å². The van der Waals surface area contributed by atoms with Gasteiger partial charge in [-0.05, 0) is 49.2 Å². The largest absolute Gasteiger partial charge is 0.391 e. The highest BCUT2D eigenvalue weighted by Crippen LogP contribution is 2.20. The van der Waals surface area contributed by atoms with E-state index in [4.69, 9.17) is 5.21 Å². The molecule has 8 heteroatoms. The second-order valence-corrected chi connectivity index (χ2v) is 6.18. The number of aliphatic hydroxyl groups is 1. The highest BCUT2D eigenvalue weighted by molar-refractivity contribution is 5.98. The summed E-state index contributed by atoms with van der Waals surface area (Å²) in [5, 5.41) is 23.4. The van der Waals surface area contributed by atoms with Crippen LogP contribution < -0.4 is 16.1 Å². The van der Waals surface area contributed by atoms with Crippen molar-refractivity contribution in [3.63, 3.8) is 0 Å². The lowest BCUT2D eigenvalue weighted by Crippen LogP contribution is -2.51. The quantitative estimate of drug-likeness (QED) is 0.360. The van der Waals surface area contributed by atoms with Crippen LogP contribution >= 0.6 is 0 Å². The first-order valence-electron chi connectivity index (χ1n) is 8.79. The fraction of sp³-hybridized carbons (Fsp3) is 0.250. The highest BCUT2D eigenvalue weighted by atomic mass is 16.5. The Kier molecular flexibility index (Phi) is 7.25. The van der Waals surface area contributed by atoms with Crippen LogP contribution in [0, 0.1) is 0 Å². The molecule has 3 amide bonds. The number of carbonyl (C=O) groups is 3. The van der Waals surface area contributed by atoms with Crippen molar-refractivity contribution in [3.05, 3.63) is 59.7 Å². The summed E-state index contributed by atoms with van der Waals surface area (Å²) >= 11 is 0. The van der Waals surface area contributed by atoms with Gasteiger partial charge in [0.05, 0.1) is 6.10 Å². The number of hydrogen-bond acceptors (Lipinski definition) is 5. The molecule has 0 bridgehead atoms. The first kappa shape index (κ1) is 21.1. The third-order valence-corrected chi connectivity index (χ3v) is 4.13. The predicted molar refractivity (Wildman–Crippen MR) is 103 cm³/mol. The van der Waals surface area contributed by atoms with E-state index in [1.807, 2.05) is 19.1 Å². The molecule has 5 N–H and O–H groups in total.